The van der Waals surface area contributed by atoms with Crippen LogP contribution in [0.4, 0.5) is 4.39 Å². The summed E-state index contributed by atoms with van der Waals surface area (Å²) in [5.74, 6) is -0.877. The second kappa shape index (κ2) is 8.84. The molecule has 3 rings (SSSR count). The molecule has 5 heteroatoms. The molecule has 1 fully saturated rings. The molecule has 4 nitrogen and oxygen atoms in total. The molecule has 1 aliphatic rings. The van der Waals surface area contributed by atoms with Crippen molar-refractivity contribution in [3.8, 4) is 11.1 Å². The minimum absolute atomic E-state index is 0.0779. The second-order valence-corrected chi connectivity index (χ2v) is 7.86. The fourth-order valence-electron chi connectivity index (χ4n) is 3.80. The van der Waals surface area contributed by atoms with E-state index in [4.69, 9.17) is 4.74 Å². The lowest BCUT2D eigenvalue weighted by Crippen LogP contribution is -2.47. The first-order valence-electron chi connectivity index (χ1n) is 9.79. The van der Waals surface area contributed by atoms with Gasteiger partial charge in [0.05, 0.1) is 12.2 Å². The van der Waals surface area contributed by atoms with E-state index in [-0.39, 0.29) is 16.9 Å². The van der Waals surface area contributed by atoms with E-state index < -0.39 is 5.82 Å². The summed E-state index contributed by atoms with van der Waals surface area (Å²) in [5, 5.41) is 6.25. The van der Waals surface area contributed by atoms with Gasteiger partial charge in [-0.15, -0.1) is 0 Å². The maximum atomic E-state index is 14.7. The number of methoxy groups -OCH3 is 1. The van der Waals surface area contributed by atoms with Gasteiger partial charge in [-0.2, -0.15) is 0 Å². The normalized spacial score (nSPS) is 16.0. The molecule has 2 aromatic rings. The Morgan fingerprint density at radius 1 is 1.11 bits per heavy atom. The standard InChI is InChI=1S/C23H29FN2O2/c1-16-4-5-18(12-17(16)2)19-6-7-20(21(24)13-19)22(27)26-14-23(15-28-3)8-10-25-11-9-23/h4-7,12-13,25H,8-11,14-15H2,1-3H3,(H,26,27). The summed E-state index contributed by atoms with van der Waals surface area (Å²) in [5.41, 5.74) is 4.06. The molecule has 0 radical (unpaired) electrons. The van der Waals surface area contributed by atoms with Crippen molar-refractivity contribution in [2.75, 3.05) is 33.4 Å². The highest BCUT2D eigenvalue weighted by Gasteiger charge is 2.32. The van der Waals surface area contributed by atoms with Gasteiger partial charge >= 0.3 is 0 Å². The Bertz CT molecular complexity index is 839. The number of halogens is 1. The minimum atomic E-state index is -0.501. The summed E-state index contributed by atoms with van der Waals surface area (Å²) in [6.45, 7) is 6.96. The SMILES string of the molecule is COCC1(CNC(=O)c2ccc(-c3ccc(C)c(C)c3)cc2F)CCNCC1. The fourth-order valence-corrected chi connectivity index (χ4v) is 3.80. The number of amides is 1. The smallest absolute Gasteiger partial charge is 0.254 e. The number of carbonyl (C=O) groups excluding carboxylic acids is 1. The van der Waals surface area contributed by atoms with Crippen molar-refractivity contribution >= 4 is 5.91 Å². The van der Waals surface area contributed by atoms with Crippen LogP contribution in [-0.4, -0.2) is 39.3 Å². The molecule has 0 bridgehead atoms. The molecule has 0 saturated carbocycles. The predicted octanol–water partition coefficient (Wildman–Crippen LogP) is 3.86. The van der Waals surface area contributed by atoms with Crippen LogP contribution in [0.5, 0.6) is 0 Å². The highest BCUT2D eigenvalue weighted by atomic mass is 19.1. The number of aryl methyl sites for hydroxylation is 2. The number of hydrogen-bond acceptors (Lipinski definition) is 3. The quantitative estimate of drug-likeness (QED) is 0.795. The van der Waals surface area contributed by atoms with E-state index in [1.165, 1.54) is 11.6 Å². The molecule has 2 aromatic carbocycles. The Labute approximate surface area is 166 Å². The monoisotopic (exact) mass is 384 g/mol. The summed E-state index contributed by atoms with van der Waals surface area (Å²) >= 11 is 0. The van der Waals surface area contributed by atoms with Crippen LogP contribution < -0.4 is 10.6 Å². The summed E-state index contributed by atoms with van der Waals surface area (Å²) in [6.07, 6.45) is 1.85. The molecular formula is C23H29FN2O2. The van der Waals surface area contributed by atoms with Crippen molar-refractivity contribution in [2.24, 2.45) is 5.41 Å². The van der Waals surface area contributed by atoms with Crippen molar-refractivity contribution in [2.45, 2.75) is 26.7 Å². The van der Waals surface area contributed by atoms with Crippen molar-refractivity contribution in [3.63, 3.8) is 0 Å². The van der Waals surface area contributed by atoms with E-state index in [1.54, 1.807) is 19.2 Å². The third-order valence-electron chi connectivity index (χ3n) is 5.79. The van der Waals surface area contributed by atoms with Crippen LogP contribution in [0.25, 0.3) is 11.1 Å². The highest BCUT2D eigenvalue weighted by molar-refractivity contribution is 5.95. The van der Waals surface area contributed by atoms with E-state index in [0.29, 0.717) is 13.2 Å². The zero-order chi connectivity index (χ0) is 20.1. The van der Waals surface area contributed by atoms with Crippen LogP contribution in [-0.2, 0) is 4.74 Å². The van der Waals surface area contributed by atoms with E-state index in [1.807, 2.05) is 32.0 Å². The van der Waals surface area contributed by atoms with Gasteiger partial charge in [-0.25, -0.2) is 4.39 Å². The zero-order valence-corrected chi connectivity index (χ0v) is 16.9. The van der Waals surface area contributed by atoms with Crippen molar-refractivity contribution in [3.05, 3.63) is 58.9 Å². The Morgan fingerprint density at radius 2 is 1.79 bits per heavy atom. The van der Waals surface area contributed by atoms with Gasteiger partial charge < -0.3 is 15.4 Å². The summed E-state index contributed by atoms with van der Waals surface area (Å²) < 4.78 is 20.1. The first-order valence-corrected chi connectivity index (χ1v) is 9.79. The van der Waals surface area contributed by atoms with Crippen LogP contribution in [0.1, 0.15) is 34.3 Å². The van der Waals surface area contributed by atoms with E-state index in [2.05, 4.69) is 10.6 Å². The van der Waals surface area contributed by atoms with Gasteiger partial charge in [0, 0.05) is 19.1 Å². The third-order valence-corrected chi connectivity index (χ3v) is 5.79. The van der Waals surface area contributed by atoms with E-state index >= 15 is 0 Å². The van der Waals surface area contributed by atoms with Crippen molar-refractivity contribution in [1.29, 1.82) is 0 Å². The molecule has 0 spiro atoms. The minimum Gasteiger partial charge on any atom is -0.384 e. The van der Waals surface area contributed by atoms with Gasteiger partial charge in [-0.3, -0.25) is 4.79 Å². The molecule has 1 amide bonds. The van der Waals surface area contributed by atoms with Crippen LogP contribution in [0.2, 0.25) is 0 Å². The molecule has 1 saturated heterocycles. The lowest BCUT2D eigenvalue weighted by Gasteiger charge is -2.37. The summed E-state index contributed by atoms with van der Waals surface area (Å²) in [6, 6.07) is 10.8. The lowest BCUT2D eigenvalue weighted by molar-refractivity contribution is 0.0511. The fraction of sp³-hybridized carbons (Fsp3) is 0.435. The van der Waals surface area contributed by atoms with Gasteiger partial charge in [0.25, 0.3) is 5.91 Å². The number of benzene rings is 2. The first-order chi connectivity index (χ1) is 13.4. The largest absolute Gasteiger partial charge is 0.384 e. The van der Waals surface area contributed by atoms with Crippen LogP contribution in [0, 0.1) is 25.1 Å². The molecule has 1 heterocycles. The molecule has 1 aliphatic heterocycles. The first kappa shape index (κ1) is 20.5. The number of nitrogens with one attached hydrogen (secondary N) is 2. The van der Waals surface area contributed by atoms with Crippen LogP contribution in [0.3, 0.4) is 0 Å². The molecule has 2 N–H and O–H groups in total. The van der Waals surface area contributed by atoms with Crippen molar-refractivity contribution in [1.82, 2.24) is 10.6 Å². The Morgan fingerprint density at radius 3 is 2.43 bits per heavy atom. The summed E-state index contributed by atoms with van der Waals surface area (Å²) in [4.78, 5) is 12.6. The average Bonchev–Trinajstić information content (AvgIpc) is 2.69. The maximum absolute atomic E-state index is 14.7. The number of carbonyl (C=O) groups is 1. The predicted molar refractivity (Wildman–Crippen MR) is 110 cm³/mol. The van der Waals surface area contributed by atoms with E-state index in [9.17, 15) is 9.18 Å². The molecular weight excluding hydrogens is 355 g/mol. The number of rotatable bonds is 6. The molecule has 28 heavy (non-hydrogen) atoms. The van der Waals surface area contributed by atoms with Gasteiger partial charge in [-0.1, -0.05) is 24.3 Å². The molecule has 0 unspecified atom stereocenters. The number of piperidine rings is 1. The molecule has 0 aromatic heterocycles. The van der Waals surface area contributed by atoms with Crippen LogP contribution >= 0.6 is 0 Å². The molecule has 150 valence electrons. The van der Waals surface area contributed by atoms with Gasteiger partial charge in [0.1, 0.15) is 5.82 Å². The zero-order valence-electron chi connectivity index (χ0n) is 16.9. The third kappa shape index (κ3) is 4.59. The topological polar surface area (TPSA) is 50.4 Å². The number of ether oxygens (including phenoxy) is 1. The average molecular weight is 384 g/mol. The van der Waals surface area contributed by atoms with Crippen LogP contribution in [0.15, 0.2) is 36.4 Å². The van der Waals surface area contributed by atoms with E-state index in [0.717, 1.165) is 42.6 Å². The van der Waals surface area contributed by atoms with Gasteiger partial charge in [0.15, 0.2) is 0 Å². The lowest BCUT2D eigenvalue weighted by atomic mass is 9.79. The molecule has 0 aliphatic carbocycles. The van der Waals surface area contributed by atoms with Gasteiger partial charge in [0.2, 0.25) is 0 Å². The Balaban J connectivity index is 1.72. The second-order valence-electron chi connectivity index (χ2n) is 7.86. The Kier molecular flexibility index (Phi) is 6.47. The highest BCUT2D eigenvalue weighted by Crippen LogP contribution is 2.29. The van der Waals surface area contributed by atoms with Crippen molar-refractivity contribution < 1.29 is 13.9 Å². The van der Waals surface area contributed by atoms with Gasteiger partial charge in [-0.05, 0) is 74.2 Å². The maximum Gasteiger partial charge on any atom is 0.254 e. The molecule has 0 atom stereocenters. The summed E-state index contributed by atoms with van der Waals surface area (Å²) in [7, 11) is 1.68. The Hall–Kier alpha value is -2.24. The number of hydrogen-bond donors (Lipinski definition) is 2.